The summed E-state index contributed by atoms with van der Waals surface area (Å²) in [5.74, 6) is -1.34. The molecular weight excluding hydrogens is 288 g/mol. The Hall–Kier alpha value is -2.28. The van der Waals surface area contributed by atoms with E-state index in [2.05, 4.69) is 10.2 Å². The maximum atomic E-state index is 11.3. The number of esters is 1. The minimum Gasteiger partial charge on any atom is -0.482 e. The Morgan fingerprint density at radius 3 is 2.35 bits per heavy atom. The predicted octanol–water partition coefficient (Wildman–Crippen LogP) is 0.429. The Labute approximate surface area is 120 Å². The van der Waals surface area contributed by atoms with Gasteiger partial charge >= 0.3 is 5.97 Å². The number of carbonyl (C=O) groups is 3. The van der Waals surface area contributed by atoms with Gasteiger partial charge in [0.2, 0.25) is 5.91 Å². The number of amides is 2. The summed E-state index contributed by atoms with van der Waals surface area (Å²) in [6.07, 6.45) is 0. The highest BCUT2D eigenvalue weighted by Crippen LogP contribution is 2.15. The number of hydrazine groups is 1. The second-order valence-corrected chi connectivity index (χ2v) is 4.07. The van der Waals surface area contributed by atoms with Crippen molar-refractivity contribution in [3.05, 3.63) is 29.3 Å². The fourth-order valence-corrected chi connectivity index (χ4v) is 1.18. The average Bonchev–Trinajstić information content (AvgIpc) is 2.42. The third-order valence-electron chi connectivity index (χ3n) is 1.91. The van der Waals surface area contributed by atoms with Crippen molar-refractivity contribution in [2.24, 2.45) is 0 Å². The second-order valence-electron chi connectivity index (χ2n) is 3.63. The molecule has 0 radical (unpaired) electrons. The van der Waals surface area contributed by atoms with Crippen LogP contribution in [0.5, 0.6) is 5.75 Å². The molecular formula is C12H13ClN2O5. The van der Waals surface area contributed by atoms with Crippen LogP contribution in [-0.4, -0.2) is 31.0 Å². The van der Waals surface area contributed by atoms with Gasteiger partial charge in [-0.05, 0) is 24.3 Å². The summed E-state index contributed by atoms with van der Waals surface area (Å²) in [4.78, 5) is 32.9. The lowest BCUT2D eigenvalue weighted by Crippen LogP contribution is -2.42. The molecule has 2 amide bonds. The monoisotopic (exact) mass is 300 g/mol. The number of carbonyl (C=O) groups excluding carboxylic acids is 3. The van der Waals surface area contributed by atoms with Crippen molar-refractivity contribution < 1.29 is 23.9 Å². The Kier molecular flexibility index (Phi) is 6.31. The van der Waals surface area contributed by atoms with Gasteiger partial charge in [0.25, 0.3) is 5.91 Å². The summed E-state index contributed by atoms with van der Waals surface area (Å²) in [5.41, 5.74) is 4.10. The number of halogens is 1. The summed E-state index contributed by atoms with van der Waals surface area (Å²) in [6.45, 7) is 0.379. The number of nitrogens with one attached hydrogen (secondary N) is 2. The minimum atomic E-state index is -0.710. The first kappa shape index (κ1) is 15.8. The highest BCUT2D eigenvalue weighted by atomic mass is 35.5. The first-order valence-electron chi connectivity index (χ1n) is 5.57. The lowest BCUT2D eigenvalue weighted by atomic mass is 10.3. The molecule has 20 heavy (non-hydrogen) atoms. The van der Waals surface area contributed by atoms with Crippen LogP contribution in [0, 0.1) is 0 Å². The number of ether oxygens (including phenoxy) is 2. The van der Waals surface area contributed by atoms with Crippen molar-refractivity contribution >= 4 is 29.4 Å². The zero-order valence-electron chi connectivity index (χ0n) is 10.6. The van der Waals surface area contributed by atoms with Crippen LogP contribution in [0.15, 0.2) is 24.3 Å². The van der Waals surface area contributed by atoms with Gasteiger partial charge in [-0.2, -0.15) is 0 Å². The molecule has 0 heterocycles. The fourth-order valence-electron chi connectivity index (χ4n) is 1.05. The number of hydrogen-bond donors (Lipinski definition) is 2. The van der Waals surface area contributed by atoms with Gasteiger partial charge in [-0.1, -0.05) is 11.6 Å². The highest BCUT2D eigenvalue weighted by molar-refractivity contribution is 6.30. The molecule has 0 aliphatic carbocycles. The van der Waals surface area contributed by atoms with E-state index in [-0.39, 0.29) is 6.61 Å². The third-order valence-corrected chi connectivity index (χ3v) is 2.16. The molecule has 0 bridgehead atoms. The summed E-state index contributed by atoms with van der Waals surface area (Å²) in [7, 11) is 0. The Morgan fingerprint density at radius 2 is 1.75 bits per heavy atom. The zero-order chi connectivity index (χ0) is 15.0. The molecule has 0 unspecified atom stereocenters. The van der Waals surface area contributed by atoms with Gasteiger partial charge < -0.3 is 9.47 Å². The van der Waals surface area contributed by atoms with Gasteiger partial charge in [-0.25, -0.2) is 4.79 Å². The van der Waals surface area contributed by atoms with Crippen LogP contribution >= 0.6 is 11.6 Å². The van der Waals surface area contributed by atoms with E-state index in [0.29, 0.717) is 10.8 Å². The molecule has 1 aromatic carbocycles. The van der Waals surface area contributed by atoms with Gasteiger partial charge in [0.1, 0.15) is 5.75 Å². The number of rotatable bonds is 5. The number of hydrogen-bond acceptors (Lipinski definition) is 5. The SMILES string of the molecule is CC(=O)NNC(=O)COC(=O)COc1ccc(Cl)cc1. The average molecular weight is 301 g/mol. The van der Waals surface area contributed by atoms with Crippen molar-refractivity contribution in [3.8, 4) is 5.75 Å². The molecule has 0 atom stereocenters. The van der Waals surface area contributed by atoms with Gasteiger partial charge in [-0.15, -0.1) is 0 Å². The maximum Gasteiger partial charge on any atom is 0.344 e. The van der Waals surface area contributed by atoms with Crippen molar-refractivity contribution in [2.45, 2.75) is 6.92 Å². The van der Waals surface area contributed by atoms with Crippen LogP contribution in [0.4, 0.5) is 0 Å². The standard InChI is InChI=1S/C12H13ClN2O5/c1-8(16)14-15-11(17)6-20-12(18)7-19-10-4-2-9(13)3-5-10/h2-5H,6-7H2,1H3,(H,14,16)(H,15,17). The Morgan fingerprint density at radius 1 is 1.10 bits per heavy atom. The molecule has 0 aromatic heterocycles. The van der Waals surface area contributed by atoms with E-state index in [9.17, 15) is 14.4 Å². The van der Waals surface area contributed by atoms with E-state index in [1.165, 1.54) is 6.92 Å². The van der Waals surface area contributed by atoms with E-state index >= 15 is 0 Å². The van der Waals surface area contributed by atoms with Gasteiger partial charge in [-0.3, -0.25) is 20.4 Å². The molecule has 0 saturated heterocycles. The number of benzene rings is 1. The summed E-state index contributed by atoms with van der Waals surface area (Å²) in [6, 6.07) is 6.42. The molecule has 0 aliphatic heterocycles. The van der Waals surface area contributed by atoms with Crippen molar-refractivity contribution in [1.82, 2.24) is 10.9 Å². The lowest BCUT2D eigenvalue weighted by molar-refractivity contribution is -0.150. The summed E-state index contributed by atoms with van der Waals surface area (Å²) < 4.78 is 9.75. The smallest absolute Gasteiger partial charge is 0.344 e. The van der Waals surface area contributed by atoms with Gasteiger partial charge in [0.05, 0.1) is 0 Å². The van der Waals surface area contributed by atoms with E-state index in [0.717, 1.165) is 0 Å². The molecule has 7 nitrogen and oxygen atoms in total. The van der Waals surface area contributed by atoms with E-state index in [1.54, 1.807) is 24.3 Å². The maximum absolute atomic E-state index is 11.3. The van der Waals surface area contributed by atoms with E-state index < -0.39 is 24.4 Å². The van der Waals surface area contributed by atoms with Crippen LogP contribution in [0.2, 0.25) is 5.02 Å². The highest BCUT2D eigenvalue weighted by Gasteiger charge is 2.08. The predicted molar refractivity (Wildman–Crippen MR) is 69.9 cm³/mol. The minimum absolute atomic E-state index is 0.338. The molecule has 0 saturated carbocycles. The fraction of sp³-hybridized carbons (Fsp3) is 0.250. The molecule has 0 fully saturated rings. The van der Waals surface area contributed by atoms with Crippen LogP contribution < -0.4 is 15.6 Å². The zero-order valence-corrected chi connectivity index (χ0v) is 11.4. The molecule has 108 valence electrons. The van der Waals surface area contributed by atoms with Crippen LogP contribution in [0.3, 0.4) is 0 Å². The largest absolute Gasteiger partial charge is 0.482 e. The van der Waals surface area contributed by atoms with Crippen molar-refractivity contribution in [3.63, 3.8) is 0 Å². The first-order chi connectivity index (χ1) is 9.47. The molecule has 0 aliphatic rings. The van der Waals surface area contributed by atoms with Crippen LogP contribution in [0.1, 0.15) is 6.92 Å². The Balaban J connectivity index is 2.21. The first-order valence-corrected chi connectivity index (χ1v) is 5.94. The molecule has 0 spiro atoms. The lowest BCUT2D eigenvalue weighted by Gasteiger charge is -2.07. The van der Waals surface area contributed by atoms with Crippen molar-refractivity contribution in [1.29, 1.82) is 0 Å². The molecule has 8 heteroatoms. The van der Waals surface area contributed by atoms with Gasteiger partial charge in [0.15, 0.2) is 13.2 Å². The molecule has 2 N–H and O–H groups in total. The van der Waals surface area contributed by atoms with Gasteiger partial charge in [0, 0.05) is 11.9 Å². The normalized spacial score (nSPS) is 9.50. The van der Waals surface area contributed by atoms with Crippen molar-refractivity contribution in [2.75, 3.05) is 13.2 Å². The third kappa shape index (κ3) is 6.60. The summed E-state index contributed by atoms with van der Waals surface area (Å²) >= 11 is 5.69. The topological polar surface area (TPSA) is 93.7 Å². The van der Waals surface area contributed by atoms with E-state index in [1.807, 2.05) is 5.43 Å². The van der Waals surface area contributed by atoms with Crippen LogP contribution in [-0.2, 0) is 19.1 Å². The summed E-state index contributed by atoms with van der Waals surface area (Å²) in [5, 5.41) is 0.551. The quantitative estimate of drug-likeness (QED) is 0.607. The van der Waals surface area contributed by atoms with E-state index in [4.69, 9.17) is 16.3 Å². The molecule has 1 aromatic rings. The second kappa shape index (κ2) is 8.00. The van der Waals surface area contributed by atoms with Crippen LogP contribution in [0.25, 0.3) is 0 Å². The molecule has 1 rings (SSSR count). The Bertz CT molecular complexity index is 489.